The zero-order chi connectivity index (χ0) is 25.9. The predicted molar refractivity (Wildman–Crippen MR) is 142 cm³/mol. The molecule has 0 saturated carbocycles. The van der Waals surface area contributed by atoms with Crippen LogP contribution < -0.4 is 19.5 Å². The molecule has 0 unspecified atom stereocenters. The number of methoxy groups -OCH3 is 2. The first-order valence-corrected chi connectivity index (χ1v) is 12.4. The quantitative estimate of drug-likeness (QED) is 0.353. The minimum absolute atomic E-state index is 0.213. The van der Waals surface area contributed by atoms with Gasteiger partial charge >= 0.3 is 0 Å². The number of likely N-dealkylation sites (N-methyl/N-ethyl adjacent to an activating group) is 1. The van der Waals surface area contributed by atoms with Gasteiger partial charge in [-0.1, -0.05) is 58.4 Å². The van der Waals surface area contributed by atoms with E-state index in [0.29, 0.717) is 30.2 Å². The fourth-order valence-corrected chi connectivity index (χ4v) is 3.99. The fourth-order valence-electron chi connectivity index (χ4n) is 3.73. The minimum atomic E-state index is -0.716. The maximum Gasteiger partial charge on any atom is 0.261 e. The smallest absolute Gasteiger partial charge is 0.261 e. The number of amides is 2. The van der Waals surface area contributed by atoms with Gasteiger partial charge in [0.05, 0.1) is 14.2 Å². The van der Waals surface area contributed by atoms with Gasteiger partial charge < -0.3 is 24.4 Å². The van der Waals surface area contributed by atoms with Gasteiger partial charge in [0, 0.05) is 42.2 Å². The summed E-state index contributed by atoms with van der Waals surface area (Å²) in [5.74, 6) is 1.00. The molecule has 0 radical (unpaired) electrons. The van der Waals surface area contributed by atoms with Crippen molar-refractivity contribution in [2.45, 2.75) is 25.9 Å². The molecule has 3 aromatic rings. The Labute approximate surface area is 220 Å². The number of halogens is 1. The van der Waals surface area contributed by atoms with Crippen LogP contribution >= 0.6 is 15.9 Å². The van der Waals surface area contributed by atoms with E-state index >= 15 is 0 Å². The molecule has 0 aromatic heterocycles. The van der Waals surface area contributed by atoms with Crippen LogP contribution in [0.25, 0.3) is 0 Å². The Hall–Kier alpha value is -3.52. The van der Waals surface area contributed by atoms with Crippen LogP contribution in [0.15, 0.2) is 77.3 Å². The summed E-state index contributed by atoms with van der Waals surface area (Å²) in [7, 11) is 3.09. The molecule has 0 fully saturated rings. The van der Waals surface area contributed by atoms with E-state index in [4.69, 9.17) is 14.2 Å². The molecule has 3 rings (SSSR count). The highest BCUT2D eigenvalue weighted by Crippen LogP contribution is 2.27. The normalized spacial score (nSPS) is 11.3. The Bertz CT molecular complexity index is 1120. The van der Waals surface area contributed by atoms with Crippen molar-refractivity contribution in [3.63, 3.8) is 0 Å². The Morgan fingerprint density at radius 1 is 0.889 bits per heavy atom. The van der Waals surface area contributed by atoms with E-state index in [1.54, 1.807) is 37.3 Å². The summed E-state index contributed by atoms with van der Waals surface area (Å²) >= 11 is 3.45. The summed E-state index contributed by atoms with van der Waals surface area (Å²) in [6.45, 7) is 2.32. The van der Waals surface area contributed by atoms with Crippen LogP contribution in [0.3, 0.4) is 0 Å². The van der Waals surface area contributed by atoms with Crippen LogP contribution in [0.5, 0.6) is 17.2 Å². The van der Waals surface area contributed by atoms with E-state index in [1.165, 1.54) is 0 Å². The molecule has 7 nitrogen and oxygen atoms in total. The first-order valence-electron chi connectivity index (χ1n) is 11.6. The van der Waals surface area contributed by atoms with Crippen molar-refractivity contribution in [1.29, 1.82) is 0 Å². The summed E-state index contributed by atoms with van der Waals surface area (Å²) in [4.78, 5) is 28.4. The Kier molecular flexibility index (Phi) is 10.2. The number of nitrogens with one attached hydrogen (secondary N) is 1. The van der Waals surface area contributed by atoms with Gasteiger partial charge in [-0.3, -0.25) is 9.59 Å². The van der Waals surface area contributed by atoms with Crippen molar-refractivity contribution >= 4 is 27.7 Å². The van der Waals surface area contributed by atoms with Gasteiger partial charge in [0.1, 0.15) is 23.3 Å². The van der Waals surface area contributed by atoms with E-state index in [9.17, 15) is 9.59 Å². The number of benzene rings is 3. The maximum absolute atomic E-state index is 13.6. The van der Waals surface area contributed by atoms with Gasteiger partial charge in [0.15, 0.2) is 6.61 Å². The minimum Gasteiger partial charge on any atom is -0.496 e. The van der Waals surface area contributed by atoms with Crippen LogP contribution in [0.2, 0.25) is 0 Å². The number of carbonyl (C=O) groups excluding carboxylic acids is 2. The molecule has 0 aliphatic rings. The standard InChI is InChI=1S/C28H31BrN2O5/c1-4-30-28(33)26(14-20-8-6-5-7-9-20)31(18-21-10-12-22(29)13-11-21)27(32)19-36-25-16-23(34-2)15-24(17-25)35-3/h5-13,15-17,26H,4,14,18-19H2,1-3H3,(H,30,33)/t26-/m1/s1. The van der Waals surface area contributed by atoms with Gasteiger partial charge in [-0.05, 0) is 30.2 Å². The van der Waals surface area contributed by atoms with Crippen molar-refractivity contribution in [2.24, 2.45) is 0 Å². The van der Waals surface area contributed by atoms with Gasteiger partial charge in [-0.15, -0.1) is 0 Å². The topological polar surface area (TPSA) is 77.1 Å². The van der Waals surface area contributed by atoms with E-state index in [-0.39, 0.29) is 25.0 Å². The predicted octanol–water partition coefficient (Wildman–Crippen LogP) is 4.62. The van der Waals surface area contributed by atoms with Crippen LogP contribution in [0.1, 0.15) is 18.1 Å². The average molecular weight is 555 g/mol. The average Bonchev–Trinajstić information content (AvgIpc) is 2.90. The molecule has 0 heterocycles. The van der Waals surface area contributed by atoms with Gasteiger partial charge in [-0.25, -0.2) is 0 Å². The molecular weight excluding hydrogens is 524 g/mol. The highest BCUT2D eigenvalue weighted by Gasteiger charge is 2.30. The molecule has 1 N–H and O–H groups in total. The van der Waals surface area contributed by atoms with E-state index < -0.39 is 6.04 Å². The first kappa shape index (κ1) is 27.1. The molecule has 190 valence electrons. The number of rotatable bonds is 12. The van der Waals surface area contributed by atoms with Crippen LogP contribution in [-0.4, -0.2) is 50.1 Å². The van der Waals surface area contributed by atoms with Gasteiger partial charge in [0.25, 0.3) is 5.91 Å². The monoisotopic (exact) mass is 554 g/mol. The summed E-state index contributed by atoms with van der Waals surface area (Å²) in [5.41, 5.74) is 1.86. The van der Waals surface area contributed by atoms with Crippen LogP contribution in [0.4, 0.5) is 0 Å². The number of hydrogen-bond acceptors (Lipinski definition) is 5. The van der Waals surface area contributed by atoms with E-state index in [1.807, 2.05) is 61.5 Å². The largest absolute Gasteiger partial charge is 0.496 e. The number of nitrogens with zero attached hydrogens (tertiary/aromatic N) is 1. The second kappa shape index (κ2) is 13.5. The van der Waals surface area contributed by atoms with Crippen LogP contribution in [0, 0.1) is 0 Å². The maximum atomic E-state index is 13.6. The summed E-state index contributed by atoms with van der Waals surface area (Å²) < 4.78 is 17.4. The van der Waals surface area contributed by atoms with Crippen molar-refractivity contribution in [3.8, 4) is 17.2 Å². The highest BCUT2D eigenvalue weighted by molar-refractivity contribution is 9.10. The molecule has 3 aromatic carbocycles. The lowest BCUT2D eigenvalue weighted by Gasteiger charge is -2.31. The SMILES string of the molecule is CCNC(=O)[C@@H](Cc1ccccc1)N(Cc1ccc(Br)cc1)C(=O)COc1cc(OC)cc(OC)c1. The second-order valence-corrected chi connectivity index (χ2v) is 9.00. The highest BCUT2D eigenvalue weighted by atomic mass is 79.9. The van der Waals surface area contributed by atoms with Crippen LogP contribution in [-0.2, 0) is 22.6 Å². The molecule has 1 atom stereocenters. The Balaban J connectivity index is 1.89. The number of carbonyl (C=O) groups is 2. The van der Waals surface area contributed by atoms with E-state index in [2.05, 4.69) is 21.2 Å². The second-order valence-electron chi connectivity index (χ2n) is 8.09. The van der Waals surface area contributed by atoms with E-state index in [0.717, 1.165) is 15.6 Å². The Morgan fingerprint density at radius 3 is 2.08 bits per heavy atom. The molecule has 0 aliphatic carbocycles. The third-order valence-electron chi connectivity index (χ3n) is 5.58. The Morgan fingerprint density at radius 2 is 1.50 bits per heavy atom. The van der Waals surface area contributed by atoms with Gasteiger partial charge in [0.2, 0.25) is 5.91 Å². The molecule has 0 saturated heterocycles. The lowest BCUT2D eigenvalue weighted by Crippen LogP contribution is -2.51. The lowest BCUT2D eigenvalue weighted by molar-refractivity contribution is -0.142. The number of ether oxygens (including phenoxy) is 3. The van der Waals surface area contributed by atoms with Crippen molar-refractivity contribution in [1.82, 2.24) is 10.2 Å². The molecule has 0 spiro atoms. The fraction of sp³-hybridized carbons (Fsp3) is 0.286. The van der Waals surface area contributed by atoms with Crippen molar-refractivity contribution in [3.05, 3.63) is 88.4 Å². The molecule has 8 heteroatoms. The van der Waals surface area contributed by atoms with Crippen molar-refractivity contribution in [2.75, 3.05) is 27.4 Å². The molecule has 0 bridgehead atoms. The summed E-state index contributed by atoms with van der Waals surface area (Å²) in [6.07, 6.45) is 0.377. The summed E-state index contributed by atoms with van der Waals surface area (Å²) in [5, 5.41) is 2.89. The summed E-state index contributed by atoms with van der Waals surface area (Å²) in [6, 6.07) is 21.7. The number of hydrogen-bond donors (Lipinski definition) is 1. The third-order valence-corrected chi connectivity index (χ3v) is 6.10. The van der Waals surface area contributed by atoms with Crippen molar-refractivity contribution < 1.29 is 23.8 Å². The zero-order valence-electron chi connectivity index (χ0n) is 20.7. The molecule has 2 amide bonds. The first-order chi connectivity index (χ1) is 17.4. The third kappa shape index (κ3) is 7.75. The molecule has 0 aliphatic heterocycles. The van der Waals surface area contributed by atoms with Gasteiger partial charge in [-0.2, -0.15) is 0 Å². The lowest BCUT2D eigenvalue weighted by atomic mass is 10.0. The molecular formula is C28H31BrN2O5. The molecule has 36 heavy (non-hydrogen) atoms. The zero-order valence-corrected chi connectivity index (χ0v) is 22.3.